The molecule has 0 spiro atoms. The Morgan fingerprint density at radius 2 is 1.73 bits per heavy atom. The van der Waals surface area contributed by atoms with Gasteiger partial charge in [0.05, 0.1) is 18.5 Å². The minimum absolute atomic E-state index is 0.0304. The first kappa shape index (κ1) is 27.6. The van der Waals surface area contributed by atoms with Crippen LogP contribution in [0.25, 0.3) is 0 Å². The molecule has 0 saturated carbocycles. The Balaban J connectivity index is 1.34. The number of anilines is 1. The van der Waals surface area contributed by atoms with E-state index >= 15 is 0 Å². The summed E-state index contributed by atoms with van der Waals surface area (Å²) < 4.78 is 75.3. The van der Waals surface area contributed by atoms with Gasteiger partial charge in [-0.05, 0) is 37.3 Å². The second-order valence-electron chi connectivity index (χ2n) is 9.66. The first-order valence-electron chi connectivity index (χ1n) is 12.4. The molecule has 204 valence electrons. The molecular weight excluding hydrogens is 509 g/mol. The molecule has 0 bridgehead atoms. The molecule has 0 aliphatic carbocycles. The zero-order chi connectivity index (χ0) is 26.9. The van der Waals surface area contributed by atoms with Gasteiger partial charge in [-0.25, -0.2) is 23.1 Å². The minimum atomic E-state index is -3.43. The third-order valence-corrected chi connectivity index (χ3v) is 9.42. The second-order valence-corrected chi connectivity index (χ2v) is 11.7. The van der Waals surface area contributed by atoms with Crippen LogP contribution in [0.2, 0.25) is 0 Å². The van der Waals surface area contributed by atoms with Gasteiger partial charge < -0.3 is 15.4 Å². The van der Waals surface area contributed by atoms with Crippen LogP contribution in [-0.2, 0) is 10.2 Å². The highest BCUT2D eigenvalue weighted by atomic mass is 32.2. The fourth-order valence-corrected chi connectivity index (χ4v) is 6.32. The van der Waals surface area contributed by atoms with Crippen molar-refractivity contribution in [3.05, 3.63) is 47.5 Å². The van der Waals surface area contributed by atoms with Gasteiger partial charge in [0.25, 0.3) is 10.2 Å². The predicted molar refractivity (Wildman–Crippen MR) is 133 cm³/mol. The van der Waals surface area contributed by atoms with Crippen LogP contribution in [-0.4, -0.2) is 78.9 Å². The Morgan fingerprint density at radius 3 is 2.35 bits per heavy atom. The number of nitrogens with zero attached hydrogens (tertiary/aromatic N) is 5. The van der Waals surface area contributed by atoms with Crippen molar-refractivity contribution in [1.29, 1.82) is 0 Å². The van der Waals surface area contributed by atoms with E-state index in [9.17, 15) is 21.6 Å². The SMILES string of the molecule is CCN(C)S(=O)(=O)N1CCC(C(C)Oc2cnc(N3CC(N)C(c4cc(F)c(F)cc4F)C3)nc2)CC1. The molecule has 1 aromatic carbocycles. The Kier molecular flexibility index (Phi) is 8.26. The summed E-state index contributed by atoms with van der Waals surface area (Å²) >= 11 is 0. The monoisotopic (exact) mass is 542 g/mol. The Bertz CT molecular complexity index is 1190. The molecule has 3 unspecified atom stereocenters. The van der Waals surface area contributed by atoms with E-state index in [1.54, 1.807) is 31.3 Å². The quantitative estimate of drug-likeness (QED) is 0.511. The first-order chi connectivity index (χ1) is 17.5. The number of rotatable bonds is 8. The number of piperidine rings is 1. The summed E-state index contributed by atoms with van der Waals surface area (Å²) in [6, 6.07) is 0.890. The number of hydrogen-bond donors (Lipinski definition) is 1. The topological polar surface area (TPSA) is 105 Å². The molecule has 1 aromatic heterocycles. The highest BCUT2D eigenvalue weighted by molar-refractivity contribution is 7.86. The van der Waals surface area contributed by atoms with E-state index in [1.807, 2.05) is 6.92 Å². The number of aromatic nitrogens is 2. The zero-order valence-electron chi connectivity index (χ0n) is 21.1. The summed E-state index contributed by atoms with van der Waals surface area (Å²) in [7, 11) is -1.85. The average Bonchev–Trinajstić information content (AvgIpc) is 3.27. The Labute approximate surface area is 215 Å². The van der Waals surface area contributed by atoms with Crippen LogP contribution in [0.5, 0.6) is 5.75 Å². The molecule has 2 saturated heterocycles. The van der Waals surface area contributed by atoms with Crippen molar-refractivity contribution in [2.24, 2.45) is 11.7 Å². The molecule has 0 radical (unpaired) electrons. The maximum Gasteiger partial charge on any atom is 0.281 e. The molecular formula is C24H33F3N6O3S. The van der Waals surface area contributed by atoms with Crippen LogP contribution in [0, 0.1) is 23.4 Å². The van der Waals surface area contributed by atoms with Gasteiger partial charge in [0.1, 0.15) is 5.82 Å². The first-order valence-corrected chi connectivity index (χ1v) is 13.8. The number of hydrogen-bond acceptors (Lipinski definition) is 7. The molecule has 2 aliphatic rings. The maximum absolute atomic E-state index is 14.3. The Hall–Kier alpha value is -2.48. The number of benzene rings is 1. The highest BCUT2D eigenvalue weighted by Gasteiger charge is 2.35. The molecule has 2 fully saturated rings. The highest BCUT2D eigenvalue weighted by Crippen LogP contribution is 2.32. The third-order valence-electron chi connectivity index (χ3n) is 7.35. The Morgan fingerprint density at radius 1 is 1.11 bits per heavy atom. The van der Waals surface area contributed by atoms with E-state index in [0.29, 0.717) is 56.8 Å². The fraction of sp³-hybridized carbons (Fsp3) is 0.583. The maximum atomic E-state index is 14.3. The molecule has 37 heavy (non-hydrogen) atoms. The van der Waals surface area contributed by atoms with Gasteiger partial charge in [-0.2, -0.15) is 17.0 Å². The van der Waals surface area contributed by atoms with Gasteiger partial charge >= 0.3 is 0 Å². The molecule has 2 aromatic rings. The third kappa shape index (κ3) is 5.84. The van der Waals surface area contributed by atoms with Crippen LogP contribution in [0.3, 0.4) is 0 Å². The van der Waals surface area contributed by atoms with Gasteiger partial charge in [0.15, 0.2) is 17.4 Å². The average molecular weight is 543 g/mol. The van der Waals surface area contributed by atoms with Gasteiger partial charge in [0, 0.05) is 57.8 Å². The summed E-state index contributed by atoms with van der Waals surface area (Å²) in [4.78, 5) is 10.5. The summed E-state index contributed by atoms with van der Waals surface area (Å²) in [5, 5.41) is 0. The molecule has 4 rings (SSSR count). The lowest BCUT2D eigenvalue weighted by Crippen LogP contribution is -2.47. The molecule has 9 nitrogen and oxygen atoms in total. The zero-order valence-corrected chi connectivity index (χ0v) is 22.0. The van der Waals surface area contributed by atoms with E-state index in [1.165, 1.54) is 8.61 Å². The summed E-state index contributed by atoms with van der Waals surface area (Å²) in [5.74, 6) is -2.70. The predicted octanol–water partition coefficient (Wildman–Crippen LogP) is 2.50. The van der Waals surface area contributed by atoms with Crippen molar-refractivity contribution in [2.45, 2.75) is 44.8 Å². The van der Waals surface area contributed by atoms with E-state index in [-0.39, 0.29) is 24.1 Å². The number of halogens is 3. The van der Waals surface area contributed by atoms with Crippen molar-refractivity contribution in [3.63, 3.8) is 0 Å². The molecule has 13 heteroatoms. The van der Waals surface area contributed by atoms with E-state index in [2.05, 4.69) is 9.97 Å². The fourth-order valence-electron chi connectivity index (χ4n) is 4.92. The molecule has 2 aliphatic heterocycles. The summed E-state index contributed by atoms with van der Waals surface area (Å²) in [5.41, 5.74) is 6.22. The normalized spacial score (nSPS) is 22.5. The van der Waals surface area contributed by atoms with E-state index in [0.717, 1.165) is 6.07 Å². The number of nitrogens with two attached hydrogens (primary N) is 1. The van der Waals surface area contributed by atoms with Gasteiger partial charge in [-0.1, -0.05) is 6.92 Å². The second kappa shape index (κ2) is 11.1. The molecule has 2 N–H and O–H groups in total. The van der Waals surface area contributed by atoms with Gasteiger partial charge in [-0.15, -0.1) is 0 Å². The van der Waals surface area contributed by atoms with Crippen LogP contribution in [0.1, 0.15) is 38.2 Å². The standard InChI is InChI=1S/C24H33F3N6O3S/c1-4-31(3)37(34,35)33-7-5-16(6-8-33)15(2)36-17-11-29-24(30-12-17)32-13-19(23(28)14-32)18-9-21(26)22(27)10-20(18)25/h9-12,15-16,19,23H,4-8,13-14,28H2,1-3H3. The van der Waals surface area contributed by atoms with Crippen molar-refractivity contribution < 1.29 is 26.3 Å². The smallest absolute Gasteiger partial charge is 0.281 e. The van der Waals surface area contributed by atoms with Crippen molar-refractivity contribution >= 4 is 16.2 Å². The van der Waals surface area contributed by atoms with Crippen molar-refractivity contribution in [3.8, 4) is 5.75 Å². The lowest BCUT2D eigenvalue weighted by Gasteiger charge is -2.35. The van der Waals surface area contributed by atoms with Crippen LogP contribution >= 0.6 is 0 Å². The molecule has 3 heterocycles. The summed E-state index contributed by atoms with van der Waals surface area (Å²) in [6.45, 7) is 5.63. The number of ether oxygens (including phenoxy) is 1. The minimum Gasteiger partial charge on any atom is -0.487 e. The molecule has 3 atom stereocenters. The van der Waals surface area contributed by atoms with Crippen LogP contribution in [0.4, 0.5) is 19.1 Å². The van der Waals surface area contributed by atoms with Crippen LogP contribution < -0.4 is 15.4 Å². The van der Waals surface area contributed by atoms with Crippen molar-refractivity contribution in [2.75, 3.05) is 44.7 Å². The lowest BCUT2D eigenvalue weighted by molar-refractivity contribution is 0.109. The van der Waals surface area contributed by atoms with E-state index in [4.69, 9.17) is 10.5 Å². The largest absolute Gasteiger partial charge is 0.487 e. The van der Waals surface area contributed by atoms with Crippen molar-refractivity contribution in [1.82, 2.24) is 18.6 Å². The molecule has 0 amide bonds. The summed E-state index contributed by atoms with van der Waals surface area (Å²) in [6.07, 6.45) is 4.30. The van der Waals surface area contributed by atoms with Gasteiger partial charge in [0.2, 0.25) is 5.95 Å². The lowest BCUT2D eigenvalue weighted by atomic mass is 9.93. The van der Waals surface area contributed by atoms with E-state index < -0.39 is 39.6 Å². The van der Waals surface area contributed by atoms with Crippen LogP contribution in [0.15, 0.2) is 24.5 Å². The van der Waals surface area contributed by atoms with Gasteiger partial charge in [-0.3, -0.25) is 0 Å².